The minimum Gasteiger partial charge on any atom is -0.317 e. The van der Waals surface area contributed by atoms with E-state index in [-0.39, 0.29) is 15.6 Å². The maximum absolute atomic E-state index is 12.6. The summed E-state index contributed by atoms with van der Waals surface area (Å²) in [7, 11) is 0. The van der Waals surface area contributed by atoms with Gasteiger partial charge in [0.1, 0.15) is 5.69 Å². The van der Waals surface area contributed by atoms with Gasteiger partial charge in [-0.2, -0.15) is 10.2 Å². The molecule has 27 heavy (non-hydrogen) atoms. The van der Waals surface area contributed by atoms with Crippen molar-refractivity contribution in [2.45, 2.75) is 0 Å². The van der Waals surface area contributed by atoms with Crippen LogP contribution in [0, 0.1) is 0 Å². The average molecular weight is 398 g/mol. The largest absolute Gasteiger partial charge is 0.317 e. The second-order valence-electron chi connectivity index (χ2n) is 5.68. The van der Waals surface area contributed by atoms with E-state index in [1.165, 1.54) is 0 Å². The summed E-state index contributed by atoms with van der Waals surface area (Å²) in [6.07, 6.45) is 3.35. The summed E-state index contributed by atoms with van der Waals surface area (Å²) >= 11 is 12.2. The van der Waals surface area contributed by atoms with Crippen molar-refractivity contribution < 1.29 is 4.79 Å². The van der Waals surface area contributed by atoms with Gasteiger partial charge in [-0.15, -0.1) is 0 Å². The number of hydrogen-bond donors (Lipinski definition) is 2. The fraction of sp³-hybridized carbons (Fsp3) is 0. The van der Waals surface area contributed by atoms with Gasteiger partial charge in [0.05, 0.1) is 21.3 Å². The fourth-order valence-electron chi connectivity index (χ4n) is 2.65. The molecule has 0 saturated carbocycles. The van der Waals surface area contributed by atoms with Gasteiger partial charge < -0.3 is 5.32 Å². The summed E-state index contributed by atoms with van der Waals surface area (Å²) in [5.74, 6) is 0.0254. The third kappa shape index (κ3) is 3.45. The van der Waals surface area contributed by atoms with Crippen LogP contribution in [-0.2, 0) is 0 Å². The molecule has 0 aliphatic heterocycles. The highest BCUT2D eigenvalue weighted by Gasteiger charge is 2.18. The lowest BCUT2D eigenvalue weighted by atomic mass is 10.2. The van der Waals surface area contributed by atoms with Crippen LogP contribution < -0.4 is 5.32 Å². The monoisotopic (exact) mass is 397 g/mol. The van der Waals surface area contributed by atoms with Crippen LogP contribution in [0.1, 0.15) is 10.4 Å². The topological polar surface area (TPSA) is 75.6 Å². The molecule has 0 unspecified atom stereocenters. The molecule has 4 rings (SSSR count). The lowest BCUT2D eigenvalue weighted by molar-refractivity contribution is 0.102. The van der Waals surface area contributed by atoms with Gasteiger partial charge in [0.15, 0.2) is 5.82 Å². The molecule has 0 atom stereocenters. The molecule has 0 fully saturated rings. The molecule has 8 heteroatoms. The molecule has 2 N–H and O–H groups in total. The molecule has 2 aromatic carbocycles. The summed E-state index contributed by atoms with van der Waals surface area (Å²) < 4.78 is 1.59. The number of carbonyl (C=O) groups is 1. The molecular formula is C19H13Cl2N5O. The number of anilines is 1. The van der Waals surface area contributed by atoms with Crippen molar-refractivity contribution in [1.29, 1.82) is 0 Å². The number of carbonyl (C=O) groups excluding carboxylic acids is 1. The predicted octanol–water partition coefficient (Wildman–Crippen LogP) is 4.82. The second kappa shape index (κ2) is 7.26. The van der Waals surface area contributed by atoms with E-state index in [4.69, 9.17) is 23.2 Å². The third-order valence-electron chi connectivity index (χ3n) is 3.93. The van der Waals surface area contributed by atoms with Gasteiger partial charge in [0.2, 0.25) is 0 Å². The van der Waals surface area contributed by atoms with Crippen molar-refractivity contribution in [2.24, 2.45) is 0 Å². The summed E-state index contributed by atoms with van der Waals surface area (Å²) in [6.45, 7) is 0. The van der Waals surface area contributed by atoms with Crippen LogP contribution in [0.3, 0.4) is 0 Å². The minimum atomic E-state index is -0.427. The van der Waals surface area contributed by atoms with Crippen LogP contribution in [-0.4, -0.2) is 25.9 Å². The van der Waals surface area contributed by atoms with E-state index < -0.39 is 5.91 Å². The highest BCUT2D eigenvalue weighted by atomic mass is 35.5. The number of nitrogens with one attached hydrogen (secondary N) is 2. The minimum absolute atomic E-state index is 0.207. The SMILES string of the molecule is O=C(Nc1c[nH]nc1-n1ccc(-c2ccccc2)n1)c1c(Cl)cccc1Cl. The molecule has 2 heterocycles. The zero-order valence-electron chi connectivity index (χ0n) is 13.9. The highest BCUT2D eigenvalue weighted by Crippen LogP contribution is 2.26. The van der Waals surface area contributed by atoms with Crippen LogP contribution in [0.5, 0.6) is 0 Å². The summed E-state index contributed by atoms with van der Waals surface area (Å²) in [5.41, 5.74) is 2.45. The van der Waals surface area contributed by atoms with E-state index in [2.05, 4.69) is 20.6 Å². The van der Waals surface area contributed by atoms with Gasteiger partial charge in [0, 0.05) is 18.0 Å². The molecule has 0 radical (unpaired) electrons. The Morgan fingerprint density at radius 1 is 1.00 bits per heavy atom. The normalized spacial score (nSPS) is 10.7. The maximum atomic E-state index is 12.6. The first-order valence-corrected chi connectivity index (χ1v) is 8.79. The molecule has 0 aliphatic rings. The van der Waals surface area contributed by atoms with Gasteiger partial charge >= 0.3 is 0 Å². The van der Waals surface area contributed by atoms with E-state index in [0.29, 0.717) is 11.5 Å². The molecule has 134 valence electrons. The van der Waals surface area contributed by atoms with Gasteiger partial charge in [-0.1, -0.05) is 59.6 Å². The number of hydrogen-bond acceptors (Lipinski definition) is 3. The zero-order chi connectivity index (χ0) is 18.8. The van der Waals surface area contributed by atoms with Crippen molar-refractivity contribution >= 4 is 34.8 Å². The van der Waals surface area contributed by atoms with Crippen molar-refractivity contribution in [3.8, 4) is 17.1 Å². The fourth-order valence-corrected chi connectivity index (χ4v) is 3.22. The van der Waals surface area contributed by atoms with Crippen LogP contribution in [0.4, 0.5) is 5.69 Å². The number of rotatable bonds is 4. The van der Waals surface area contributed by atoms with Crippen LogP contribution in [0.25, 0.3) is 17.1 Å². The molecule has 2 aromatic heterocycles. The number of H-pyrrole nitrogens is 1. The summed E-state index contributed by atoms with van der Waals surface area (Å²) in [4.78, 5) is 12.6. The Kier molecular flexibility index (Phi) is 4.66. The van der Waals surface area contributed by atoms with E-state index >= 15 is 0 Å². The first-order chi connectivity index (χ1) is 13.1. The van der Waals surface area contributed by atoms with Crippen LogP contribution >= 0.6 is 23.2 Å². The first kappa shape index (κ1) is 17.3. The van der Waals surface area contributed by atoms with Gasteiger partial charge in [0.25, 0.3) is 5.91 Å². The number of nitrogens with zero attached hydrogens (tertiary/aromatic N) is 3. The van der Waals surface area contributed by atoms with Gasteiger partial charge in [-0.05, 0) is 18.2 Å². The molecule has 0 bridgehead atoms. The Balaban J connectivity index is 1.62. The predicted molar refractivity (Wildman–Crippen MR) is 106 cm³/mol. The average Bonchev–Trinajstić information content (AvgIpc) is 3.31. The number of benzene rings is 2. The third-order valence-corrected chi connectivity index (χ3v) is 4.56. The van der Waals surface area contributed by atoms with E-state index in [1.54, 1.807) is 35.3 Å². The lowest BCUT2D eigenvalue weighted by Gasteiger charge is -2.08. The number of amides is 1. The van der Waals surface area contributed by atoms with Gasteiger partial charge in [-0.3, -0.25) is 9.89 Å². The summed E-state index contributed by atoms with van der Waals surface area (Å²) in [6, 6.07) is 16.6. The Labute approximate surface area is 164 Å². The van der Waals surface area contributed by atoms with Crippen LogP contribution in [0.15, 0.2) is 67.0 Å². The van der Waals surface area contributed by atoms with E-state index in [0.717, 1.165) is 11.3 Å². The Bertz CT molecular complexity index is 1080. The molecule has 6 nitrogen and oxygen atoms in total. The second-order valence-corrected chi connectivity index (χ2v) is 6.50. The number of aromatic amines is 1. The van der Waals surface area contributed by atoms with E-state index in [1.807, 2.05) is 36.4 Å². The Hall–Kier alpha value is -3.09. The van der Waals surface area contributed by atoms with Crippen molar-refractivity contribution in [1.82, 2.24) is 20.0 Å². The molecule has 0 spiro atoms. The van der Waals surface area contributed by atoms with Crippen molar-refractivity contribution in [3.63, 3.8) is 0 Å². The Morgan fingerprint density at radius 3 is 2.48 bits per heavy atom. The standard InChI is InChI=1S/C19H13Cl2N5O/c20-13-7-4-8-14(21)17(13)19(27)23-16-11-22-24-18(16)26-10-9-15(25-26)12-5-2-1-3-6-12/h1-11H,(H,22,24)(H,23,27). The highest BCUT2D eigenvalue weighted by molar-refractivity contribution is 6.40. The van der Waals surface area contributed by atoms with Gasteiger partial charge in [-0.25, -0.2) is 4.68 Å². The van der Waals surface area contributed by atoms with Crippen molar-refractivity contribution in [2.75, 3.05) is 5.32 Å². The zero-order valence-corrected chi connectivity index (χ0v) is 15.4. The number of aromatic nitrogens is 4. The van der Waals surface area contributed by atoms with Crippen molar-refractivity contribution in [3.05, 3.63) is 82.6 Å². The van der Waals surface area contributed by atoms with E-state index in [9.17, 15) is 4.79 Å². The lowest BCUT2D eigenvalue weighted by Crippen LogP contribution is -2.14. The molecule has 4 aromatic rings. The molecular weight excluding hydrogens is 385 g/mol. The molecule has 1 amide bonds. The summed E-state index contributed by atoms with van der Waals surface area (Å²) in [5, 5.41) is 14.8. The molecule has 0 aliphatic carbocycles. The molecule has 0 saturated heterocycles. The quantitative estimate of drug-likeness (QED) is 0.518. The Morgan fingerprint density at radius 2 is 1.74 bits per heavy atom. The maximum Gasteiger partial charge on any atom is 0.258 e. The number of halogens is 2. The first-order valence-electron chi connectivity index (χ1n) is 8.04. The van der Waals surface area contributed by atoms with Crippen LogP contribution in [0.2, 0.25) is 10.0 Å². The smallest absolute Gasteiger partial charge is 0.258 e.